The highest BCUT2D eigenvalue weighted by molar-refractivity contribution is 6.02. The number of nitro groups is 1. The van der Waals surface area contributed by atoms with Crippen molar-refractivity contribution in [3.63, 3.8) is 0 Å². The van der Waals surface area contributed by atoms with Gasteiger partial charge in [-0.15, -0.1) is 0 Å². The number of nitro benzene ring substituents is 1. The SMILES string of the molecule is CCCC(=O)Nc1ccc(C(=O)C(C)OC(=O)c2ccc(OC)c([N+](=O)[O-])c2)cc1. The van der Waals surface area contributed by atoms with E-state index < -0.39 is 22.8 Å². The molecule has 0 fully saturated rings. The second kappa shape index (κ2) is 10.1. The number of benzene rings is 2. The summed E-state index contributed by atoms with van der Waals surface area (Å²) in [6.07, 6.45) is 0.0130. The number of ketones is 1. The number of ether oxygens (including phenoxy) is 2. The molecule has 1 amide bonds. The summed E-state index contributed by atoms with van der Waals surface area (Å²) in [6, 6.07) is 9.85. The van der Waals surface area contributed by atoms with Crippen LogP contribution in [0.5, 0.6) is 5.75 Å². The van der Waals surface area contributed by atoms with Crippen molar-refractivity contribution in [1.29, 1.82) is 0 Å². The van der Waals surface area contributed by atoms with E-state index in [1.807, 2.05) is 6.92 Å². The largest absolute Gasteiger partial charge is 0.490 e. The summed E-state index contributed by atoms with van der Waals surface area (Å²) in [4.78, 5) is 46.9. The van der Waals surface area contributed by atoms with Crippen molar-refractivity contribution in [2.24, 2.45) is 0 Å². The first-order chi connectivity index (χ1) is 14.3. The fourth-order valence-electron chi connectivity index (χ4n) is 2.64. The lowest BCUT2D eigenvalue weighted by atomic mass is 10.1. The highest BCUT2D eigenvalue weighted by Crippen LogP contribution is 2.28. The van der Waals surface area contributed by atoms with Crippen molar-refractivity contribution in [3.05, 3.63) is 63.7 Å². The lowest BCUT2D eigenvalue weighted by Gasteiger charge is -2.13. The van der Waals surface area contributed by atoms with E-state index >= 15 is 0 Å². The van der Waals surface area contributed by atoms with Gasteiger partial charge in [0.25, 0.3) is 0 Å². The molecule has 0 aromatic heterocycles. The standard InChI is InChI=1S/C21H22N2O7/c1-4-5-19(24)22-16-9-6-14(7-10-16)20(25)13(2)30-21(26)15-8-11-18(29-3)17(12-15)23(27)28/h6-13H,4-5H2,1-3H3,(H,22,24). The molecule has 0 heterocycles. The number of hydrogen-bond donors (Lipinski definition) is 1. The van der Waals surface area contributed by atoms with Gasteiger partial charge in [0.05, 0.1) is 17.6 Å². The van der Waals surface area contributed by atoms with Crippen molar-refractivity contribution < 1.29 is 28.8 Å². The van der Waals surface area contributed by atoms with Gasteiger partial charge in [-0.05, 0) is 49.7 Å². The first-order valence-electron chi connectivity index (χ1n) is 9.24. The van der Waals surface area contributed by atoms with Crippen LogP contribution < -0.4 is 10.1 Å². The molecule has 0 spiro atoms. The van der Waals surface area contributed by atoms with Crippen LogP contribution in [-0.4, -0.2) is 35.8 Å². The highest BCUT2D eigenvalue weighted by Gasteiger charge is 2.23. The van der Waals surface area contributed by atoms with Crippen LogP contribution in [0.2, 0.25) is 0 Å². The Bertz CT molecular complexity index is 954. The van der Waals surface area contributed by atoms with E-state index in [0.717, 1.165) is 12.5 Å². The fourth-order valence-corrected chi connectivity index (χ4v) is 2.64. The van der Waals surface area contributed by atoms with Crippen LogP contribution in [-0.2, 0) is 9.53 Å². The third kappa shape index (κ3) is 5.63. The van der Waals surface area contributed by atoms with Gasteiger partial charge in [-0.2, -0.15) is 0 Å². The van der Waals surface area contributed by atoms with Gasteiger partial charge in [0.2, 0.25) is 11.7 Å². The minimum atomic E-state index is -1.11. The minimum absolute atomic E-state index is 0.00629. The topological polar surface area (TPSA) is 125 Å². The Kier molecular flexibility index (Phi) is 7.62. The molecule has 9 nitrogen and oxygen atoms in total. The van der Waals surface area contributed by atoms with Gasteiger partial charge in [0, 0.05) is 23.7 Å². The van der Waals surface area contributed by atoms with E-state index in [0.29, 0.717) is 17.7 Å². The number of methoxy groups -OCH3 is 1. The van der Waals surface area contributed by atoms with Gasteiger partial charge in [-0.1, -0.05) is 6.92 Å². The quantitative estimate of drug-likeness (QED) is 0.286. The second-order valence-corrected chi connectivity index (χ2v) is 6.43. The Balaban J connectivity index is 2.06. The average Bonchev–Trinajstić information content (AvgIpc) is 2.73. The molecule has 2 aromatic rings. The molecule has 1 atom stereocenters. The van der Waals surface area contributed by atoms with Crippen molar-refractivity contribution in [2.75, 3.05) is 12.4 Å². The molecule has 0 saturated heterocycles. The molecule has 0 radical (unpaired) electrons. The van der Waals surface area contributed by atoms with E-state index in [-0.39, 0.29) is 22.9 Å². The number of nitrogens with zero attached hydrogens (tertiary/aromatic N) is 1. The third-order valence-electron chi connectivity index (χ3n) is 4.19. The zero-order valence-electron chi connectivity index (χ0n) is 16.8. The summed E-state index contributed by atoms with van der Waals surface area (Å²) in [5, 5.41) is 13.8. The Morgan fingerprint density at radius 3 is 2.30 bits per heavy atom. The van der Waals surface area contributed by atoms with Crippen LogP contribution in [0.15, 0.2) is 42.5 Å². The van der Waals surface area contributed by atoms with Gasteiger partial charge in [0.1, 0.15) is 0 Å². The van der Waals surface area contributed by atoms with Gasteiger partial charge in [-0.3, -0.25) is 19.7 Å². The summed E-state index contributed by atoms with van der Waals surface area (Å²) < 4.78 is 10.1. The number of amides is 1. The normalized spacial score (nSPS) is 11.3. The second-order valence-electron chi connectivity index (χ2n) is 6.43. The molecule has 1 unspecified atom stereocenters. The summed E-state index contributed by atoms with van der Waals surface area (Å²) in [7, 11) is 1.28. The van der Waals surface area contributed by atoms with E-state index in [9.17, 15) is 24.5 Å². The average molecular weight is 414 g/mol. The smallest absolute Gasteiger partial charge is 0.339 e. The summed E-state index contributed by atoms with van der Waals surface area (Å²) in [5.74, 6) is -1.43. The number of carbonyl (C=O) groups is 3. The number of Topliss-reactive ketones (excluding diaryl/α,β-unsaturated/α-hetero) is 1. The van der Waals surface area contributed by atoms with Crippen LogP contribution in [0.25, 0.3) is 0 Å². The maximum Gasteiger partial charge on any atom is 0.339 e. The van der Waals surface area contributed by atoms with E-state index in [2.05, 4.69) is 5.32 Å². The zero-order chi connectivity index (χ0) is 22.3. The van der Waals surface area contributed by atoms with Crippen molar-refractivity contribution in [3.8, 4) is 5.75 Å². The van der Waals surface area contributed by atoms with Gasteiger partial charge >= 0.3 is 11.7 Å². The molecule has 9 heteroatoms. The molecular weight excluding hydrogens is 392 g/mol. The number of nitrogens with one attached hydrogen (secondary N) is 1. The third-order valence-corrected chi connectivity index (χ3v) is 4.19. The van der Waals surface area contributed by atoms with Crippen molar-refractivity contribution in [2.45, 2.75) is 32.8 Å². The lowest BCUT2D eigenvalue weighted by Crippen LogP contribution is -2.24. The van der Waals surface area contributed by atoms with Gasteiger partial charge in [0.15, 0.2) is 11.9 Å². The van der Waals surface area contributed by atoms with Gasteiger partial charge in [-0.25, -0.2) is 4.79 Å². The van der Waals surface area contributed by atoms with Gasteiger partial charge < -0.3 is 14.8 Å². The lowest BCUT2D eigenvalue weighted by molar-refractivity contribution is -0.385. The van der Waals surface area contributed by atoms with E-state index in [1.54, 1.807) is 12.1 Å². The van der Waals surface area contributed by atoms with E-state index in [1.165, 1.54) is 38.3 Å². The Labute approximate surface area is 173 Å². The zero-order valence-corrected chi connectivity index (χ0v) is 16.8. The molecular formula is C21H22N2O7. The number of hydrogen-bond acceptors (Lipinski definition) is 7. The van der Waals surface area contributed by atoms with Crippen LogP contribution in [0.4, 0.5) is 11.4 Å². The summed E-state index contributed by atoms with van der Waals surface area (Å²) in [6.45, 7) is 3.31. The predicted octanol–water partition coefficient (Wildman–Crippen LogP) is 3.77. The first kappa shape index (κ1) is 22.5. The molecule has 2 aromatic carbocycles. The van der Waals surface area contributed by atoms with Crippen LogP contribution in [0, 0.1) is 10.1 Å². The monoisotopic (exact) mass is 414 g/mol. The number of carbonyl (C=O) groups excluding carboxylic acids is 3. The molecule has 0 saturated carbocycles. The maximum atomic E-state index is 12.5. The van der Waals surface area contributed by atoms with Crippen molar-refractivity contribution in [1.82, 2.24) is 0 Å². The van der Waals surface area contributed by atoms with Crippen LogP contribution in [0.3, 0.4) is 0 Å². The Hall–Kier alpha value is -3.75. The molecule has 158 valence electrons. The molecule has 0 aliphatic rings. The highest BCUT2D eigenvalue weighted by atomic mass is 16.6. The molecule has 1 N–H and O–H groups in total. The Morgan fingerprint density at radius 1 is 1.10 bits per heavy atom. The Morgan fingerprint density at radius 2 is 1.73 bits per heavy atom. The molecule has 30 heavy (non-hydrogen) atoms. The number of anilines is 1. The minimum Gasteiger partial charge on any atom is -0.490 e. The molecule has 0 aliphatic carbocycles. The molecule has 0 bridgehead atoms. The molecule has 2 rings (SSSR count). The number of esters is 1. The van der Waals surface area contributed by atoms with E-state index in [4.69, 9.17) is 9.47 Å². The maximum absolute atomic E-state index is 12.5. The number of rotatable bonds is 9. The summed E-state index contributed by atoms with van der Waals surface area (Å²) >= 11 is 0. The van der Waals surface area contributed by atoms with Crippen molar-refractivity contribution >= 4 is 29.0 Å². The first-order valence-corrected chi connectivity index (χ1v) is 9.24. The molecule has 0 aliphatic heterocycles. The fraction of sp³-hybridized carbons (Fsp3) is 0.286. The summed E-state index contributed by atoms with van der Waals surface area (Å²) in [5.41, 5.74) is 0.396. The predicted molar refractivity (Wildman–Crippen MR) is 109 cm³/mol. The van der Waals surface area contributed by atoms with Crippen LogP contribution in [0.1, 0.15) is 47.4 Å². The van der Waals surface area contributed by atoms with Crippen LogP contribution >= 0.6 is 0 Å².